The van der Waals surface area contributed by atoms with Crippen molar-refractivity contribution >= 4 is 11.7 Å². The third-order valence-electron chi connectivity index (χ3n) is 3.11. The summed E-state index contributed by atoms with van der Waals surface area (Å²) in [7, 11) is 0. The Morgan fingerprint density at radius 1 is 1.41 bits per heavy atom. The monoisotopic (exact) mass is 306 g/mol. The van der Waals surface area contributed by atoms with Crippen LogP contribution < -0.4 is 27.4 Å². The molecule has 1 aromatic rings. The first-order valence-corrected chi connectivity index (χ1v) is 6.90. The lowest BCUT2D eigenvalue weighted by Gasteiger charge is -2.14. The third kappa shape index (κ3) is 4.33. The summed E-state index contributed by atoms with van der Waals surface area (Å²) >= 11 is 0. The Labute approximate surface area is 125 Å². The van der Waals surface area contributed by atoms with Crippen molar-refractivity contribution in [1.82, 2.24) is 26.0 Å². The number of carbonyl (C=O) groups is 1. The second kappa shape index (κ2) is 7.25. The maximum absolute atomic E-state index is 11.9. The second-order valence-electron chi connectivity index (χ2n) is 4.87. The van der Waals surface area contributed by atoms with E-state index in [0.29, 0.717) is 0 Å². The largest absolute Gasteiger partial charge is 0.353 e. The maximum Gasteiger partial charge on any atom is 0.342 e. The highest BCUT2D eigenvalue weighted by molar-refractivity contribution is 5.83. The summed E-state index contributed by atoms with van der Waals surface area (Å²) in [5.74, 6) is -0.492. The molecule has 2 rings (SSSR count). The molecule has 0 fully saturated rings. The third-order valence-corrected chi connectivity index (χ3v) is 3.11. The van der Waals surface area contributed by atoms with Crippen molar-refractivity contribution in [2.75, 3.05) is 5.32 Å². The lowest BCUT2D eigenvalue weighted by molar-refractivity contribution is -0.122. The number of hydrazine groups is 1. The first-order valence-electron chi connectivity index (χ1n) is 6.90. The van der Waals surface area contributed by atoms with Crippen molar-refractivity contribution in [3.05, 3.63) is 44.8 Å². The van der Waals surface area contributed by atoms with Crippen LogP contribution in [-0.2, 0) is 4.79 Å². The van der Waals surface area contributed by atoms with Crippen molar-refractivity contribution in [1.29, 1.82) is 0 Å². The molecule has 0 saturated heterocycles. The molecule has 1 aliphatic rings. The zero-order valence-corrected chi connectivity index (χ0v) is 12.1. The molecule has 1 amide bonds. The van der Waals surface area contributed by atoms with Crippen LogP contribution in [0.2, 0.25) is 0 Å². The number of H-pyrrole nitrogens is 2. The molecule has 1 aliphatic carbocycles. The van der Waals surface area contributed by atoms with Crippen LogP contribution >= 0.6 is 0 Å². The van der Waals surface area contributed by atoms with Gasteiger partial charge in [0.1, 0.15) is 6.04 Å². The van der Waals surface area contributed by atoms with E-state index in [0.717, 1.165) is 19.3 Å². The fraction of sp³-hybridized carbons (Fsp3) is 0.385. The lowest BCUT2D eigenvalue weighted by Crippen LogP contribution is -2.44. The summed E-state index contributed by atoms with van der Waals surface area (Å²) in [5, 5.41) is 8.24. The van der Waals surface area contributed by atoms with Crippen LogP contribution in [0.25, 0.3) is 0 Å². The van der Waals surface area contributed by atoms with E-state index in [9.17, 15) is 14.4 Å². The highest BCUT2D eigenvalue weighted by atomic mass is 16.2. The van der Waals surface area contributed by atoms with Crippen molar-refractivity contribution in [2.45, 2.75) is 32.2 Å². The molecule has 9 nitrogen and oxygen atoms in total. The number of carbonyl (C=O) groups excluding carboxylic acids is 1. The van der Waals surface area contributed by atoms with Gasteiger partial charge in [0.25, 0.3) is 11.5 Å². The zero-order valence-electron chi connectivity index (χ0n) is 12.1. The molecule has 9 heteroatoms. The molecule has 1 aromatic heterocycles. The Hall–Kier alpha value is -2.84. The SMILES string of the molecule is CC(Nc1n[nH]c(=O)[nH]c1=O)C(=O)NNC=C1CC=CCC1. The summed E-state index contributed by atoms with van der Waals surface area (Å²) in [6, 6.07) is -0.711. The fourth-order valence-corrected chi connectivity index (χ4v) is 1.89. The summed E-state index contributed by atoms with van der Waals surface area (Å²) in [6.07, 6.45) is 8.80. The van der Waals surface area contributed by atoms with Gasteiger partial charge in [-0.05, 0) is 31.8 Å². The number of hydrogen-bond acceptors (Lipinski definition) is 6. The van der Waals surface area contributed by atoms with Crippen LogP contribution in [0.3, 0.4) is 0 Å². The summed E-state index contributed by atoms with van der Waals surface area (Å²) in [6.45, 7) is 1.57. The van der Waals surface area contributed by atoms with Crippen LogP contribution in [0.15, 0.2) is 33.5 Å². The predicted molar refractivity (Wildman–Crippen MR) is 80.9 cm³/mol. The number of nitrogens with one attached hydrogen (secondary N) is 5. The van der Waals surface area contributed by atoms with Crippen LogP contribution in [0.4, 0.5) is 5.82 Å². The van der Waals surface area contributed by atoms with Gasteiger partial charge in [-0.3, -0.25) is 20.0 Å². The van der Waals surface area contributed by atoms with Gasteiger partial charge < -0.3 is 10.7 Å². The number of aromatic amines is 2. The number of anilines is 1. The van der Waals surface area contributed by atoms with Gasteiger partial charge >= 0.3 is 5.69 Å². The number of amides is 1. The van der Waals surface area contributed by atoms with E-state index in [4.69, 9.17) is 0 Å². The Kier molecular flexibility index (Phi) is 5.12. The Balaban J connectivity index is 1.85. The lowest BCUT2D eigenvalue weighted by atomic mass is 10.0. The van der Waals surface area contributed by atoms with E-state index < -0.39 is 17.3 Å². The molecule has 0 spiro atoms. The minimum atomic E-state index is -0.711. The minimum Gasteiger partial charge on any atom is -0.353 e. The second-order valence-corrected chi connectivity index (χ2v) is 4.87. The van der Waals surface area contributed by atoms with Gasteiger partial charge in [-0.2, -0.15) is 0 Å². The average Bonchev–Trinajstić information content (AvgIpc) is 2.51. The Morgan fingerprint density at radius 2 is 2.23 bits per heavy atom. The first kappa shape index (κ1) is 15.5. The van der Waals surface area contributed by atoms with Gasteiger partial charge in [0, 0.05) is 6.20 Å². The first-order chi connectivity index (χ1) is 10.6. The van der Waals surface area contributed by atoms with E-state index in [1.165, 1.54) is 5.57 Å². The van der Waals surface area contributed by atoms with Crippen molar-refractivity contribution in [3.63, 3.8) is 0 Å². The van der Waals surface area contributed by atoms with E-state index in [1.54, 1.807) is 13.1 Å². The van der Waals surface area contributed by atoms with Crippen LogP contribution in [0.5, 0.6) is 0 Å². The minimum absolute atomic E-state index is 0.127. The van der Waals surface area contributed by atoms with E-state index >= 15 is 0 Å². The molecule has 0 radical (unpaired) electrons. The van der Waals surface area contributed by atoms with Gasteiger partial charge in [0.05, 0.1) is 0 Å². The number of aromatic nitrogens is 3. The highest BCUT2D eigenvalue weighted by Gasteiger charge is 2.14. The van der Waals surface area contributed by atoms with Crippen LogP contribution in [-0.4, -0.2) is 27.1 Å². The van der Waals surface area contributed by atoms with E-state index in [2.05, 4.69) is 38.5 Å². The van der Waals surface area contributed by atoms with Gasteiger partial charge in [-0.1, -0.05) is 12.2 Å². The van der Waals surface area contributed by atoms with Crippen LogP contribution in [0.1, 0.15) is 26.2 Å². The zero-order chi connectivity index (χ0) is 15.9. The van der Waals surface area contributed by atoms with E-state index in [1.807, 2.05) is 4.98 Å². The maximum atomic E-state index is 11.9. The van der Waals surface area contributed by atoms with Gasteiger partial charge in [0.2, 0.25) is 5.82 Å². The smallest absolute Gasteiger partial charge is 0.342 e. The molecule has 22 heavy (non-hydrogen) atoms. The fourth-order valence-electron chi connectivity index (χ4n) is 1.89. The molecule has 1 unspecified atom stereocenters. The normalized spacial score (nSPS) is 17.0. The Bertz CT molecular complexity index is 702. The van der Waals surface area contributed by atoms with Gasteiger partial charge in [-0.15, -0.1) is 5.10 Å². The van der Waals surface area contributed by atoms with Crippen molar-refractivity contribution in [3.8, 4) is 0 Å². The molecule has 1 heterocycles. The Morgan fingerprint density at radius 3 is 2.91 bits per heavy atom. The molecule has 5 N–H and O–H groups in total. The molecular weight excluding hydrogens is 288 g/mol. The average molecular weight is 306 g/mol. The summed E-state index contributed by atoms with van der Waals surface area (Å²) < 4.78 is 0. The summed E-state index contributed by atoms with van der Waals surface area (Å²) in [4.78, 5) is 36.2. The summed E-state index contributed by atoms with van der Waals surface area (Å²) in [5.41, 5.74) is 5.07. The number of allylic oxidation sites excluding steroid dienone is 3. The number of nitrogens with zero attached hydrogens (tertiary/aromatic N) is 1. The predicted octanol–water partition coefficient (Wildman–Crippen LogP) is -0.497. The molecule has 118 valence electrons. The van der Waals surface area contributed by atoms with E-state index in [-0.39, 0.29) is 11.7 Å². The van der Waals surface area contributed by atoms with Crippen molar-refractivity contribution in [2.24, 2.45) is 0 Å². The molecule has 1 atom stereocenters. The molecular formula is C13H18N6O3. The topological polar surface area (TPSA) is 132 Å². The van der Waals surface area contributed by atoms with Crippen molar-refractivity contribution < 1.29 is 4.79 Å². The quantitative estimate of drug-likeness (QED) is 0.368. The molecule has 0 aromatic carbocycles. The number of hydrogen-bond donors (Lipinski definition) is 5. The highest BCUT2D eigenvalue weighted by Crippen LogP contribution is 2.15. The number of rotatable bonds is 5. The van der Waals surface area contributed by atoms with Gasteiger partial charge in [0.15, 0.2) is 0 Å². The van der Waals surface area contributed by atoms with Gasteiger partial charge in [-0.25, -0.2) is 9.89 Å². The molecule has 0 aliphatic heterocycles. The molecule has 0 saturated carbocycles. The standard InChI is InChI=1S/C13H18N6O3/c1-8(15-10-12(21)16-13(22)19-17-10)11(20)18-14-7-9-5-3-2-4-6-9/h2-3,7-8,14H,4-6H2,1H3,(H,15,17)(H,18,20)(H2,16,19,21,22). The molecule has 0 bridgehead atoms. The van der Waals surface area contributed by atoms with Crippen LogP contribution in [0, 0.1) is 0 Å².